The second-order valence-electron chi connectivity index (χ2n) is 2.73. The second kappa shape index (κ2) is 6.31. The molecule has 3 nitrogen and oxygen atoms in total. The minimum absolute atomic E-state index is 0.0240. The van der Waals surface area contributed by atoms with Crippen LogP contribution in [-0.2, 0) is 4.79 Å². The van der Waals surface area contributed by atoms with E-state index in [1.807, 2.05) is 13.3 Å². The zero-order chi connectivity index (χ0) is 9.56. The fraction of sp³-hybridized carbons (Fsp3) is 0.875. The molecule has 72 valence electrons. The Morgan fingerprint density at radius 2 is 2.25 bits per heavy atom. The van der Waals surface area contributed by atoms with Gasteiger partial charge in [0.05, 0.1) is 6.54 Å². The highest BCUT2D eigenvalue weighted by atomic mass is 32.2. The van der Waals surface area contributed by atoms with Gasteiger partial charge in [0.2, 0.25) is 5.91 Å². The third kappa shape index (κ3) is 3.45. The van der Waals surface area contributed by atoms with Crippen LogP contribution in [0.25, 0.3) is 0 Å². The third-order valence-electron chi connectivity index (χ3n) is 1.95. The molecule has 0 aromatic rings. The van der Waals surface area contributed by atoms with Crippen molar-refractivity contribution in [2.45, 2.75) is 19.4 Å². The molecular weight excluding hydrogens is 172 g/mol. The molecule has 0 aliphatic carbocycles. The molecule has 12 heavy (non-hydrogen) atoms. The molecule has 0 spiro atoms. The molecule has 0 radical (unpaired) electrons. The van der Waals surface area contributed by atoms with Gasteiger partial charge in [-0.1, -0.05) is 6.92 Å². The van der Waals surface area contributed by atoms with E-state index in [0.717, 1.165) is 12.2 Å². The van der Waals surface area contributed by atoms with Crippen molar-refractivity contribution < 1.29 is 4.79 Å². The van der Waals surface area contributed by atoms with E-state index < -0.39 is 0 Å². The van der Waals surface area contributed by atoms with E-state index in [4.69, 9.17) is 5.73 Å². The average molecular weight is 190 g/mol. The Hall–Kier alpha value is -0.220. The van der Waals surface area contributed by atoms with Gasteiger partial charge in [-0.3, -0.25) is 4.79 Å². The fourth-order valence-electron chi connectivity index (χ4n) is 1.04. The first-order valence-corrected chi connectivity index (χ1v) is 5.51. The Morgan fingerprint density at radius 3 is 2.58 bits per heavy atom. The number of nitrogens with zero attached hydrogens (tertiary/aromatic N) is 1. The number of carbonyl (C=O) groups excluding carboxylic acids is 1. The lowest BCUT2D eigenvalue weighted by molar-refractivity contribution is -0.130. The minimum atomic E-state index is 0.0240. The molecule has 0 heterocycles. The maximum absolute atomic E-state index is 11.2. The highest BCUT2D eigenvalue weighted by molar-refractivity contribution is 7.98. The smallest absolute Gasteiger partial charge is 0.236 e. The van der Waals surface area contributed by atoms with Gasteiger partial charge in [0, 0.05) is 18.8 Å². The normalized spacial score (nSPS) is 12.7. The summed E-state index contributed by atoms with van der Waals surface area (Å²) in [6.07, 6.45) is 3.03. The number of likely N-dealkylation sites (N-methyl/N-ethyl adjacent to an activating group) is 1. The van der Waals surface area contributed by atoms with Crippen molar-refractivity contribution in [1.82, 2.24) is 4.90 Å². The highest BCUT2D eigenvalue weighted by Crippen LogP contribution is 2.07. The summed E-state index contributed by atoms with van der Waals surface area (Å²) in [6.45, 7) is 2.20. The van der Waals surface area contributed by atoms with Crippen LogP contribution in [0.4, 0.5) is 0 Å². The number of thioether (sulfide) groups is 1. The summed E-state index contributed by atoms with van der Waals surface area (Å²) in [5, 5.41) is 0. The number of amides is 1. The van der Waals surface area contributed by atoms with Crippen molar-refractivity contribution in [3.05, 3.63) is 0 Å². The summed E-state index contributed by atoms with van der Waals surface area (Å²) in [7, 11) is 1.82. The van der Waals surface area contributed by atoms with Crippen molar-refractivity contribution in [3.8, 4) is 0 Å². The van der Waals surface area contributed by atoms with Crippen molar-refractivity contribution in [3.63, 3.8) is 0 Å². The van der Waals surface area contributed by atoms with Gasteiger partial charge in [-0.15, -0.1) is 0 Å². The number of carbonyl (C=O) groups is 1. The third-order valence-corrected chi connectivity index (χ3v) is 2.66. The average Bonchev–Trinajstić information content (AvgIpc) is 2.11. The van der Waals surface area contributed by atoms with Crippen molar-refractivity contribution in [1.29, 1.82) is 0 Å². The first kappa shape index (κ1) is 11.8. The van der Waals surface area contributed by atoms with Crippen LogP contribution in [0.15, 0.2) is 0 Å². The Kier molecular flexibility index (Phi) is 6.20. The van der Waals surface area contributed by atoms with Gasteiger partial charge in [-0.05, 0) is 12.7 Å². The molecule has 0 aliphatic heterocycles. The monoisotopic (exact) mass is 190 g/mol. The second-order valence-corrected chi connectivity index (χ2v) is 3.64. The van der Waals surface area contributed by atoms with Gasteiger partial charge in [-0.2, -0.15) is 11.8 Å². The van der Waals surface area contributed by atoms with Crippen LogP contribution in [0, 0.1) is 0 Å². The van der Waals surface area contributed by atoms with Crippen molar-refractivity contribution >= 4 is 17.7 Å². The van der Waals surface area contributed by atoms with Gasteiger partial charge in [0.1, 0.15) is 0 Å². The minimum Gasteiger partial charge on any atom is -0.341 e. The Balaban J connectivity index is 4.00. The summed E-state index contributed by atoms with van der Waals surface area (Å²) in [4.78, 5) is 12.9. The van der Waals surface area contributed by atoms with E-state index in [2.05, 4.69) is 6.92 Å². The molecular formula is C8H18N2OS. The Labute approximate surface area is 78.7 Å². The predicted molar refractivity (Wildman–Crippen MR) is 54.3 cm³/mol. The van der Waals surface area contributed by atoms with Crippen LogP contribution in [0.1, 0.15) is 13.3 Å². The lowest BCUT2D eigenvalue weighted by Crippen LogP contribution is -2.41. The van der Waals surface area contributed by atoms with E-state index in [1.165, 1.54) is 0 Å². The fourth-order valence-corrected chi connectivity index (χ4v) is 1.89. The molecule has 0 aliphatic rings. The van der Waals surface area contributed by atoms with Crippen LogP contribution in [0.3, 0.4) is 0 Å². The lowest BCUT2D eigenvalue weighted by atomic mass is 10.2. The zero-order valence-corrected chi connectivity index (χ0v) is 8.86. The SMILES string of the molecule is CCC(CSC)N(C)C(=O)CN. The largest absolute Gasteiger partial charge is 0.341 e. The molecule has 0 saturated heterocycles. The molecule has 1 unspecified atom stereocenters. The lowest BCUT2D eigenvalue weighted by Gasteiger charge is -2.26. The summed E-state index contributed by atoms with van der Waals surface area (Å²) in [5.41, 5.74) is 5.26. The van der Waals surface area contributed by atoms with Crippen LogP contribution >= 0.6 is 11.8 Å². The van der Waals surface area contributed by atoms with E-state index in [9.17, 15) is 4.79 Å². The molecule has 0 bridgehead atoms. The Bertz CT molecular complexity index is 141. The highest BCUT2D eigenvalue weighted by Gasteiger charge is 2.15. The van der Waals surface area contributed by atoms with E-state index in [1.54, 1.807) is 16.7 Å². The van der Waals surface area contributed by atoms with Crippen molar-refractivity contribution in [2.75, 3.05) is 25.6 Å². The van der Waals surface area contributed by atoms with E-state index in [-0.39, 0.29) is 12.5 Å². The summed E-state index contributed by atoms with van der Waals surface area (Å²) in [6, 6.07) is 0.330. The molecule has 1 amide bonds. The Morgan fingerprint density at radius 1 is 1.67 bits per heavy atom. The number of nitrogens with two attached hydrogens (primary N) is 1. The first-order valence-electron chi connectivity index (χ1n) is 4.12. The topological polar surface area (TPSA) is 46.3 Å². The van der Waals surface area contributed by atoms with Crippen LogP contribution in [-0.4, -0.2) is 42.4 Å². The predicted octanol–water partition coefficient (Wildman–Crippen LogP) is 0.545. The summed E-state index contributed by atoms with van der Waals surface area (Å²) < 4.78 is 0. The summed E-state index contributed by atoms with van der Waals surface area (Å²) >= 11 is 1.76. The number of hydrogen-bond donors (Lipinski definition) is 1. The molecule has 0 aromatic heterocycles. The van der Waals surface area contributed by atoms with Gasteiger partial charge in [-0.25, -0.2) is 0 Å². The van der Waals surface area contributed by atoms with Gasteiger partial charge in [0.15, 0.2) is 0 Å². The standard InChI is InChI=1S/C8H18N2OS/c1-4-7(6-12-3)10(2)8(11)5-9/h7H,4-6,9H2,1-3H3. The van der Waals surface area contributed by atoms with Gasteiger partial charge < -0.3 is 10.6 Å². The number of rotatable bonds is 5. The van der Waals surface area contributed by atoms with Crippen LogP contribution < -0.4 is 5.73 Å². The molecule has 4 heteroatoms. The zero-order valence-electron chi connectivity index (χ0n) is 8.04. The van der Waals surface area contributed by atoms with E-state index in [0.29, 0.717) is 6.04 Å². The molecule has 0 saturated carbocycles. The molecule has 0 aromatic carbocycles. The van der Waals surface area contributed by atoms with Crippen molar-refractivity contribution in [2.24, 2.45) is 5.73 Å². The summed E-state index contributed by atoms with van der Waals surface area (Å²) in [5.74, 6) is 1.01. The molecule has 0 fully saturated rings. The first-order chi connectivity index (χ1) is 5.67. The molecule has 1 atom stereocenters. The maximum Gasteiger partial charge on any atom is 0.236 e. The van der Waals surface area contributed by atoms with E-state index >= 15 is 0 Å². The van der Waals surface area contributed by atoms with Gasteiger partial charge in [0.25, 0.3) is 0 Å². The quantitative estimate of drug-likeness (QED) is 0.688. The van der Waals surface area contributed by atoms with Crippen LogP contribution in [0.2, 0.25) is 0 Å². The molecule has 0 rings (SSSR count). The molecule has 2 N–H and O–H groups in total. The van der Waals surface area contributed by atoms with Crippen LogP contribution in [0.5, 0.6) is 0 Å². The maximum atomic E-state index is 11.2. The number of hydrogen-bond acceptors (Lipinski definition) is 3. The van der Waals surface area contributed by atoms with Gasteiger partial charge >= 0.3 is 0 Å².